The third kappa shape index (κ3) is 5.85. The number of thiocarbonyl (C=S) groups is 1. The maximum absolute atomic E-state index is 11.3. The lowest BCUT2D eigenvalue weighted by Gasteiger charge is -2.20. The summed E-state index contributed by atoms with van der Waals surface area (Å²) in [6.07, 6.45) is -0.647. The number of aliphatic hydroxyl groups excluding tert-OH is 1. The summed E-state index contributed by atoms with van der Waals surface area (Å²) in [5.74, 6) is -0.201. The minimum absolute atomic E-state index is 0.0333. The molecule has 0 radical (unpaired) electrons. The lowest BCUT2D eigenvalue weighted by molar-refractivity contribution is -0.130. The Kier molecular flexibility index (Phi) is 6.35. The van der Waals surface area contributed by atoms with Crippen LogP contribution >= 0.6 is 12.2 Å². The molecule has 14 heavy (non-hydrogen) atoms. The predicted molar refractivity (Wildman–Crippen MR) is 56.9 cm³/mol. The van der Waals surface area contributed by atoms with Gasteiger partial charge in [0.15, 0.2) is 0 Å². The van der Waals surface area contributed by atoms with Crippen molar-refractivity contribution in [2.75, 3.05) is 27.3 Å². The van der Waals surface area contributed by atoms with Crippen LogP contribution in [0.25, 0.3) is 0 Å². The molecule has 0 aromatic rings. The second kappa shape index (κ2) is 6.69. The summed E-state index contributed by atoms with van der Waals surface area (Å²) in [6, 6.07) is 0. The number of carbonyl (C=O) groups excluding carboxylic acids is 1. The van der Waals surface area contributed by atoms with Gasteiger partial charge in [0.1, 0.15) is 0 Å². The summed E-state index contributed by atoms with van der Waals surface area (Å²) >= 11 is 4.60. The van der Waals surface area contributed by atoms with E-state index in [1.54, 1.807) is 7.05 Å². The maximum Gasteiger partial charge on any atom is 0.229 e. The second-order valence-corrected chi connectivity index (χ2v) is 3.55. The monoisotopic (exact) mass is 220 g/mol. The van der Waals surface area contributed by atoms with Crippen molar-refractivity contribution in [2.24, 2.45) is 5.73 Å². The summed E-state index contributed by atoms with van der Waals surface area (Å²) in [7, 11) is 3.07. The number of likely N-dealkylation sites (N-methyl/N-ethyl adjacent to an activating group) is 1. The number of rotatable bonds is 6. The molecule has 5 nitrogen and oxygen atoms in total. The van der Waals surface area contributed by atoms with E-state index in [4.69, 9.17) is 10.5 Å². The van der Waals surface area contributed by atoms with Crippen LogP contribution in [0.5, 0.6) is 0 Å². The van der Waals surface area contributed by atoms with Gasteiger partial charge in [0, 0.05) is 20.7 Å². The molecule has 0 rings (SSSR count). The molecule has 0 saturated heterocycles. The topological polar surface area (TPSA) is 75.8 Å². The molecule has 6 heteroatoms. The lowest BCUT2D eigenvalue weighted by atomic mass is 10.3. The summed E-state index contributed by atoms with van der Waals surface area (Å²) < 4.78 is 4.73. The van der Waals surface area contributed by atoms with Gasteiger partial charge in [-0.15, -0.1) is 0 Å². The number of amides is 1. The molecule has 0 bridgehead atoms. The Morgan fingerprint density at radius 1 is 1.71 bits per heavy atom. The molecule has 0 heterocycles. The Hall–Kier alpha value is -0.720. The number of carbonyl (C=O) groups is 1. The van der Waals surface area contributed by atoms with Crippen molar-refractivity contribution in [1.82, 2.24) is 4.90 Å². The minimum atomic E-state index is -0.680. The molecule has 0 aromatic carbocycles. The number of hydrogen-bond donors (Lipinski definition) is 2. The van der Waals surface area contributed by atoms with Gasteiger partial charge in [0.25, 0.3) is 0 Å². The molecule has 1 atom stereocenters. The predicted octanol–water partition coefficient (Wildman–Crippen LogP) is -0.872. The van der Waals surface area contributed by atoms with E-state index < -0.39 is 6.10 Å². The van der Waals surface area contributed by atoms with Crippen molar-refractivity contribution < 1.29 is 14.6 Å². The van der Waals surface area contributed by atoms with Gasteiger partial charge in [-0.2, -0.15) is 0 Å². The van der Waals surface area contributed by atoms with Crippen molar-refractivity contribution in [3.05, 3.63) is 0 Å². The van der Waals surface area contributed by atoms with Crippen molar-refractivity contribution in [2.45, 2.75) is 12.5 Å². The van der Waals surface area contributed by atoms with Crippen LogP contribution < -0.4 is 5.73 Å². The number of aliphatic hydroxyl groups is 1. The van der Waals surface area contributed by atoms with Crippen LogP contribution in [0.2, 0.25) is 0 Å². The first kappa shape index (κ1) is 13.3. The number of ether oxygens (including phenoxy) is 1. The van der Waals surface area contributed by atoms with Crippen LogP contribution in [0, 0.1) is 0 Å². The fourth-order valence-corrected chi connectivity index (χ4v) is 1.07. The van der Waals surface area contributed by atoms with Crippen LogP contribution in [0.15, 0.2) is 0 Å². The SMILES string of the molecule is COCC(O)CN(C)C(=O)CC(N)=S. The average Bonchev–Trinajstić information content (AvgIpc) is 2.02. The van der Waals surface area contributed by atoms with Crippen molar-refractivity contribution >= 4 is 23.1 Å². The van der Waals surface area contributed by atoms with E-state index in [-0.39, 0.29) is 30.5 Å². The Labute approximate surface area is 88.8 Å². The molecule has 3 N–H and O–H groups in total. The van der Waals surface area contributed by atoms with Gasteiger partial charge in [-0.25, -0.2) is 0 Å². The highest BCUT2D eigenvalue weighted by atomic mass is 32.1. The number of nitrogens with zero attached hydrogens (tertiary/aromatic N) is 1. The first-order valence-electron chi connectivity index (χ1n) is 4.16. The second-order valence-electron chi connectivity index (χ2n) is 3.03. The largest absolute Gasteiger partial charge is 0.393 e. The van der Waals surface area contributed by atoms with Crippen LogP contribution in [0.3, 0.4) is 0 Å². The molecule has 0 fully saturated rings. The molecule has 1 amide bonds. The van der Waals surface area contributed by atoms with Crippen LogP contribution in [-0.2, 0) is 9.53 Å². The Balaban J connectivity index is 3.88. The highest BCUT2D eigenvalue weighted by molar-refractivity contribution is 7.80. The van der Waals surface area contributed by atoms with Gasteiger partial charge < -0.3 is 20.5 Å². The fraction of sp³-hybridized carbons (Fsp3) is 0.750. The molecule has 0 spiro atoms. The van der Waals surface area contributed by atoms with Gasteiger partial charge in [-0.05, 0) is 0 Å². The summed E-state index contributed by atoms with van der Waals surface area (Å²) in [6.45, 7) is 0.417. The lowest BCUT2D eigenvalue weighted by Crippen LogP contribution is -2.37. The van der Waals surface area contributed by atoms with Crippen LogP contribution in [0.4, 0.5) is 0 Å². The molecule has 0 saturated carbocycles. The zero-order chi connectivity index (χ0) is 11.1. The van der Waals surface area contributed by atoms with E-state index in [1.165, 1.54) is 12.0 Å². The molecular weight excluding hydrogens is 204 g/mol. The van der Waals surface area contributed by atoms with Gasteiger partial charge in [0.2, 0.25) is 5.91 Å². The smallest absolute Gasteiger partial charge is 0.229 e. The molecule has 0 aliphatic carbocycles. The average molecular weight is 220 g/mol. The van der Waals surface area contributed by atoms with E-state index in [9.17, 15) is 9.90 Å². The number of hydrogen-bond acceptors (Lipinski definition) is 4. The van der Waals surface area contributed by atoms with Crippen molar-refractivity contribution in [1.29, 1.82) is 0 Å². The Morgan fingerprint density at radius 3 is 2.71 bits per heavy atom. The van der Waals surface area contributed by atoms with E-state index in [0.717, 1.165) is 0 Å². The molecular formula is C8H16N2O3S. The third-order valence-electron chi connectivity index (χ3n) is 1.59. The van der Waals surface area contributed by atoms with E-state index in [0.29, 0.717) is 0 Å². The van der Waals surface area contributed by atoms with Gasteiger partial charge in [0.05, 0.1) is 24.1 Å². The summed E-state index contributed by atoms with van der Waals surface area (Å²) in [5, 5.41) is 9.32. The van der Waals surface area contributed by atoms with Crippen LogP contribution in [-0.4, -0.2) is 54.3 Å². The molecule has 1 unspecified atom stereocenters. The van der Waals surface area contributed by atoms with Gasteiger partial charge in [-0.3, -0.25) is 4.79 Å². The summed E-state index contributed by atoms with van der Waals surface area (Å²) in [4.78, 5) is 12.8. The molecule has 0 aliphatic heterocycles. The van der Waals surface area contributed by atoms with E-state index >= 15 is 0 Å². The Bertz CT molecular complexity index is 211. The molecule has 0 aromatic heterocycles. The zero-order valence-electron chi connectivity index (χ0n) is 8.40. The first-order chi connectivity index (χ1) is 6.47. The summed E-state index contributed by atoms with van der Waals surface area (Å²) in [5.41, 5.74) is 5.22. The number of methoxy groups -OCH3 is 1. The quantitative estimate of drug-likeness (QED) is 0.569. The molecule has 82 valence electrons. The fourth-order valence-electron chi connectivity index (χ4n) is 0.947. The third-order valence-corrected chi connectivity index (χ3v) is 1.74. The Morgan fingerprint density at radius 2 is 2.29 bits per heavy atom. The van der Waals surface area contributed by atoms with Crippen LogP contribution in [0.1, 0.15) is 6.42 Å². The van der Waals surface area contributed by atoms with E-state index in [1.807, 2.05) is 0 Å². The van der Waals surface area contributed by atoms with Crippen molar-refractivity contribution in [3.63, 3.8) is 0 Å². The van der Waals surface area contributed by atoms with E-state index in [2.05, 4.69) is 12.2 Å². The maximum atomic E-state index is 11.3. The van der Waals surface area contributed by atoms with Crippen molar-refractivity contribution in [3.8, 4) is 0 Å². The number of nitrogens with two attached hydrogens (primary N) is 1. The minimum Gasteiger partial charge on any atom is -0.393 e. The first-order valence-corrected chi connectivity index (χ1v) is 4.57. The zero-order valence-corrected chi connectivity index (χ0v) is 9.21. The highest BCUT2D eigenvalue weighted by Crippen LogP contribution is 1.94. The normalized spacial score (nSPS) is 12.2. The highest BCUT2D eigenvalue weighted by Gasteiger charge is 2.13. The van der Waals surface area contributed by atoms with Gasteiger partial charge >= 0.3 is 0 Å². The van der Waals surface area contributed by atoms with Gasteiger partial charge in [-0.1, -0.05) is 12.2 Å². The standard InChI is InChI=1S/C8H16N2O3S/c1-10(4-6(11)5-13-2)8(12)3-7(9)14/h6,11H,3-5H2,1-2H3,(H2,9,14). The molecule has 0 aliphatic rings.